The van der Waals surface area contributed by atoms with E-state index in [1.165, 1.54) is 0 Å². The van der Waals surface area contributed by atoms with Crippen LogP contribution in [0.15, 0.2) is 30.3 Å². The van der Waals surface area contributed by atoms with Gasteiger partial charge in [-0.15, -0.1) is 0 Å². The van der Waals surface area contributed by atoms with Crippen molar-refractivity contribution < 1.29 is 4.79 Å². The number of rotatable bonds is 2. The van der Waals surface area contributed by atoms with Gasteiger partial charge in [-0.25, -0.2) is 0 Å². The Morgan fingerprint density at radius 2 is 2.00 bits per heavy atom. The van der Waals surface area contributed by atoms with Crippen LogP contribution in [0.5, 0.6) is 0 Å². The van der Waals surface area contributed by atoms with Crippen LogP contribution in [0.2, 0.25) is 0 Å². The summed E-state index contributed by atoms with van der Waals surface area (Å²) in [5.41, 5.74) is 1.02. The van der Waals surface area contributed by atoms with E-state index in [9.17, 15) is 4.79 Å². The van der Waals surface area contributed by atoms with E-state index in [-0.39, 0.29) is 5.57 Å². The Morgan fingerprint density at radius 3 is 2.45 bits per heavy atom. The predicted octanol–water partition coefficient (Wildman–Crippen LogP) is 1.52. The van der Waals surface area contributed by atoms with Crippen molar-refractivity contribution in [1.29, 1.82) is 5.41 Å². The van der Waals surface area contributed by atoms with Crippen molar-refractivity contribution in [2.24, 2.45) is 0 Å². The summed E-state index contributed by atoms with van der Waals surface area (Å²) in [4.78, 5) is 10.3. The Bertz CT molecular complexity index is 297. The van der Waals surface area contributed by atoms with Gasteiger partial charge < -0.3 is 0 Å². The van der Waals surface area contributed by atoms with Crippen LogP contribution in [0.1, 0.15) is 5.56 Å². The summed E-state index contributed by atoms with van der Waals surface area (Å²) in [5.74, 6) is 2.07. The van der Waals surface area contributed by atoms with E-state index in [0.717, 1.165) is 5.56 Å². The summed E-state index contributed by atoms with van der Waals surface area (Å²) in [6, 6.07) is 9.03. The first kappa shape index (κ1) is 7.45. The molecule has 0 aliphatic heterocycles. The first-order valence-electron chi connectivity index (χ1n) is 3.19. The molecule has 0 aliphatic rings. The van der Waals surface area contributed by atoms with E-state index >= 15 is 0 Å². The molecule has 0 atom stereocenters. The van der Waals surface area contributed by atoms with Gasteiger partial charge in [0, 0.05) is 0 Å². The van der Waals surface area contributed by atoms with E-state index in [2.05, 4.69) is 5.87 Å². The third-order valence-corrected chi connectivity index (χ3v) is 1.34. The number of hydrogen-bond acceptors (Lipinski definition) is 2. The molecule has 2 nitrogen and oxygen atoms in total. The molecule has 0 heterocycles. The number of nitrogens with one attached hydrogen (secondary N) is 1. The van der Waals surface area contributed by atoms with Crippen molar-refractivity contribution in [3.8, 4) is 0 Å². The predicted molar refractivity (Wildman–Crippen MR) is 43.6 cm³/mol. The van der Waals surface area contributed by atoms with Crippen molar-refractivity contribution in [3.63, 3.8) is 0 Å². The number of benzene rings is 1. The lowest BCUT2D eigenvalue weighted by atomic mass is 10.1. The van der Waals surface area contributed by atoms with Gasteiger partial charge in [-0.2, -0.15) is 0 Å². The third-order valence-electron chi connectivity index (χ3n) is 1.34. The number of aldehydes is 1. The standard InChI is InChI=1S/C9H7NO/c10-6-9(7-11)8-4-2-1-3-5-8/h1-5,7,10H. The van der Waals surface area contributed by atoms with Crippen molar-refractivity contribution in [2.45, 2.75) is 0 Å². The molecule has 2 heteroatoms. The summed E-state index contributed by atoms with van der Waals surface area (Å²) in [6.45, 7) is 0. The summed E-state index contributed by atoms with van der Waals surface area (Å²) >= 11 is 0. The third kappa shape index (κ3) is 1.63. The maximum absolute atomic E-state index is 10.3. The van der Waals surface area contributed by atoms with Gasteiger partial charge in [-0.05, 0) is 11.4 Å². The van der Waals surface area contributed by atoms with Gasteiger partial charge >= 0.3 is 0 Å². The van der Waals surface area contributed by atoms with Crippen molar-refractivity contribution in [3.05, 3.63) is 35.9 Å². The van der Waals surface area contributed by atoms with Gasteiger partial charge in [-0.3, -0.25) is 10.2 Å². The highest BCUT2D eigenvalue weighted by molar-refractivity contribution is 6.17. The van der Waals surface area contributed by atoms with Gasteiger partial charge in [0.25, 0.3) is 0 Å². The molecular formula is C9H7NO. The molecule has 0 fully saturated rings. The lowest BCUT2D eigenvalue weighted by Crippen LogP contribution is -1.84. The lowest BCUT2D eigenvalue weighted by Gasteiger charge is -1.92. The molecular weight excluding hydrogens is 138 g/mol. The van der Waals surface area contributed by atoms with Crippen LogP contribution in [0.25, 0.3) is 5.57 Å². The van der Waals surface area contributed by atoms with Crippen LogP contribution in [0.4, 0.5) is 0 Å². The fourth-order valence-electron chi connectivity index (χ4n) is 0.787. The van der Waals surface area contributed by atoms with Gasteiger partial charge in [-0.1, -0.05) is 30.3 Å². The summed E-state index contributed by atoms with van der Waals surface area (Å²) in [7, 11) is 0. The van der Waals surface area contributed by atoms with E-state index in [4.69, 9.17) is 5.41 Å². The fourth-order valence-corrected chi connectivity index (χ4v) is 0.787. The summed E-state index contributed by atoms with van der Waals surface area (Å²) in [5, 5.41) is 6.78. The minimum atomic E-state index is 0.283. The zero-order chi connectivity index (χ0) is 8.10. The maximum atomic E-state index is 10.3. The minimum Gasteiger partial charge on any atom is -0.297 e. The first-order valence-corrected chi connectivity index (χ1v) is 3.19. The van der Waals surface area contributed by atoms with E-state index in [0.29, 0.717) is 6.29 Å². The normalized spacial score (nSPS) is 8.36. The average Bonchev–Trinajstić information content (AvgIpc) is 2.09. The molecule has 54 valence electrons. The molecule has 0 bridgehead atoms. The van der Waals surface area contributed by atoms with Gasteiger partial charge in [0.1, 0.15) is 0 Å². The zero-order valence-electron chi connectivity index (χ0n) is 5.87. The smallest absolute Gasteiger partial charge is 0.159 e. The Morgan fingerprint density at radius 1 is 1.36 bits per heavy atom. The summed E-state index contributed by atoms with van der Waals surface area (Å²) in [6.07, 6.45) is 0.627. The monoisotopic (exact) mass is 145 g/mol. The largest absolute Gasteiger partial charge is 0.297 e. The minimum absolute atomic E-state index is 0.283. The Kier molecular flexibility index (Phi) is 2.37. The molecule has 0 radical (unpaired) electrons. The molecule has 1 rings (SSSR count). The van der Waals surface area contributed by atoms with E-state index in [1.807, 2.05) is 18.2 Å². The van der Waals surface area contributed by atoms with E-state index in [1.54, 1.807) is 12.1 Å². The molecule has 0 aliphatic carbocycles. The quantitative estimate of drug-likeness (QED) is 0.382. The maximum Gasteiger partial charge on any atom is 0.159 e. The Balaban J connectivity index is 3.11. The Labute approximate surface area is 64.7 Å². The van der Waals surface area contributed by atoms with Crippen molar-refractivity contribution in [2.75, 3.05) is 0 Å². The molecule has 1 N–H and O–H groups in total. The molecule has 0 saturated heterocycles. The molecule has 0 aromatic heterocycles. The first-order chi connectivity index (χ1) is 5.38. The highest BCUT2D eigenvalue weighted by atomic mass is 16.1. The number of hydrogen-bond donors (Lipinski definition) is 1. The molecule has 0 unspecified atom stereocenters. The number of allylic oxidation sites excluding steroid dienone is 1. The van der Waals surface area contributed by atoms with Crippen LogP contribution in [0, 0.1) is 5.41 Å². The van der Waals surface area contributed by atoms with Crippen LogP contribution < -0.4 is 0 Å². The van der Waals surface area contributed by atoms with Gasteiger partial charge in [0.2, 0.25) is 0 Å². The van der Waals surface area contributed by atoms with E-state index < -0.39 is 0 Å². The van der Waals surface area contributed by atoms with Gasteiger partial charge in [0.05, 0.1) is 5.57 Å². The van der Waals surface area contributed by atoms with Crippen LogP contribution in [-0.4, -0.2) is 12.2 Å². The lowest BCUT2D eigenvalue weighted by molar-refractivity contribution is -0.103. The number of carbonyl (C=O) groups is 1. The molecule has 0 spiro atoms. The molecule has 0 saturated carbocycles. The van der Waals surface area contributed by atoms with Crippen LogP contribution >= 0.6 is 0 Å². The topological polar surface area (TPSA) is 40.9 Å². The average molecular weight is 145 g/mol. The molecule has 11 heavy (non-hydrogen) atoms. The zero-order valence-corrected chi connectivity index (χ0v) is 5.87. The number of carbonyl (C=O) groups excluding carboxylic acids is 1. The molecule has 1 aromatic rings. The summed E-state index contributed by atoms with van der Waals surface area (Å²) < 4.78 is 0. The van der Waals surface area contributed by atoms with Gasteiger partial charge in [0.15, 0.2) is 6.29 Å². The van der Waals surface area contributed by atoms with Crippen LogP contribution in [0.3, 0.4) is 0 Å². The highest BCUT2D eigenvalue weighted by Gasteiger charge is 1.95. The van der Waals surface area contributed by atoms with Crippen LogP contribution in [-0.2, 0) is 4.79 Å². The second-order valence-corrected chi connectivity index (χ2v) is 2.02. The second kappa shape index (κ2) is 3.49. The fraction of sp³-hybridized carbons (Fsp3) is 0. The molecule has 0 amide bonds. The molecule has 1 aromatic carbocycles. The highest BCUT2D eigenvalue weighted by Crippen LogP contribution is 2.06. The van der Waals surface area contributed by atoms with Crippen molar-refractivity contribution >= 4 is 17.7 Å². The van der Waals surface area contributed by atoms with Crippen molar-refractivity contribution in [1.82, 2.24) is 0 Å². The SMILES string of the molecule is N=C=C(C=O)c1ccccc1. The Hall–Kier alpha value is -1.66. The second-order valence-electron chi connectivity index (χ2n) is 2.02.